The number of halogens is 6. The molecule has 1 heterocycles. The lowest BCUT2D eigenvalue weighted by Crippen LogP contribution is -2.20. The minimum atomic E-state index is -3.07. The molecule has 0 aliphatic heterocycles. The van der Waals surface area contributed by atoms with Crippen molar-refractivity contribution in [2.24, 2.45) is 0 Å². The lowest BCUT2D eigenvalue weighted by Gasteiger charge is -2.17. The van der Waals surface area contributed by atoms with Crippen molar-refractivity contribution in [2.45, 2.75) is 27.0 Å². The Balaban J connectivity index is 2.03. The summed E-state index contributed by atoms with van der Waals surface area (Å²) in [6.45, 7) is -0.262. The third-order valence-electron chi connectivity index (χ3n) is 4.33. The zero-order valence-electron chi connectivity index (χ0n) is 16.1. The number of anilines is 2. The van der Waals surface area contributed by atoms with Gasteiger partial charge in [0.1, 0.15) is 5.75 Å². The van der Waals surface area contributed by atoms with Gasteiger partial charge in [0.25, 0.3) is 0 Å². The molecule has 164 valence electrons. The second-order valence-corrected chi connectivity index (χ2v) is 6.66. The van der Waals surface area contributed by atoms with Crippen molar-refractivity contribution in [2.75, 3.05) is 5.32 Å². The number of ether oxygens (including phenoxy) is 1. The number of aromatic nitrogens is 2. The molecule has 0 aliphatic rings. The second-order valence-electron chi connectivity index (χ2n) is 6.66. The molecule has 11 heteroatoms. The highest BCUT2D eigenvalue weighted by atomic mass is 19.3. The van der Waals surface area contributed by atoms with Crippen LogP contribution < -0.4 is 15.6 Å². The monoisotopic (exact) mass is 443 g/mol. The standard InChI is InChI=1S/C20H15F6N3O2/c1-9-3-10(2)16(31-19(25)26)6-15(9)27-20-28-18(30)14(23)8-29(20)7-11-4-12(21)17(24)13(22)5-11/h3-6,8,19H,7H2,1-2H3,(H,27,28,30). The van der Waals surface area contributed by atoms with Crippen LogP contribution in [0.15, 0.2) is 35.3 Å². The van der Waals surface area contributed by atoms with Crippen LogP contribution in [0, 0.1) is 37.1 Å². The molecule has 0 radical (unpaired) electrons. The quantitative estimate of drug-likeness (QED) is 0.439. The van der Waals surface area contributed by atoms with Gasteiger partial charge >= 0.3 is 12.2 Å². The van der Waals surface area contributed by atoms with Crippen LogP contribution in [0.1, 0.15) is 16.7 Å². The smallest absolute Gasteiger partial charge is 0.387 e. The molecule has 0 unspecified atom stereocenters. The van der Waals surface area contributed by atoms with Gasteiger partial charge in [-0.1, -0.05) is 6.07 Å². The van der Waals surface area contributed by atoms with Crippen molar-refractivity contribution in [3.05, 3.63) is 80.8 Å². The second kappa shape index (κ2) is 8.70. The topological polar surface area (TPSA) is 56.1 Å². The van der Waals surface area contributed by atoms with E-state index in [0.717, 1.165) is 10.8 Å². The first-order chi connectivity index (χ1) is 14.5. The Hall–Kier alpha value is -3.50. The van der Waals surface area contributed by atoms with E-state index in [2.05, 4.69) is 15.0 Å². The maximum Gasteiger partial charge on any atom is 0.387 e. The molecule has 2 aromatic carbocycles. The summed E-state index contributed by atoms with van der Waals surface area (Å²) in [6, 6.07) is 4.21. The zero-order chi connectivity index (χ0) is 22.9. The molecule has 5 nitrogen and oxygen atoms in total. The molecule has 0 bridgehead atoms. The Morgan fingerprint density at radius 1 is 1.00 bits per heavy atom. The fourth-order valence-corrected chi connectivity index (χ4v) is 2.89. The highest BCUT2D eigenvalue weighted by Gasteiger charge is 2.16. The van der Waals surface area contributed by atoms with Gasteiger partial charge in [-0.15, -0.1) is 0 Å². The number of benzene rings is 2. The van der Waals surface area contributed by atoms with E-state index in [0.29, 0.717) is 23.3 Å². The van der Waals surface area contributed by atoms with Gasteiger partial charge in [-0.25, -0.2) is 13.2 Å². The van der Waals surface area contributed by atoms with Crippen LogP contribution in [0.4, 0.5) is 38.0 Å². The fraction of sp³-hybridized carbons (Fsp3) is 0.200. The Morgan fingerprint density at radius 2 is 1.65 bits per heavy atom. The molecule has 0 spiro atoms. The first-order valence-corrected chi connectivity index (χ1v) is 8.78. The third kappa shape index (κ3) is 4.98. The van der Waals surface area contributed by atoms with Gasteiger partial charge in [0, 0.05) is 18.0 Å². The lowest BCUT2D eigenvalue weighted by molar-refractivity contribution is -0.0502. The molecule has 0 saturated heterocycles. The van der Waals surface area contributed by atoms with Crippen molar-refractivity contribution in [1.82, 2.24) is 9.55 Å². The molecule has 0 amide bonds. The SMILES string of the molecule is Cc1cc(C)c(OC(F)F)cc1Nc1nc(=O)c(F)cn1Cc1cc(F)c(F)c(F)c1. The van der Waals surface area contributed by atoms with Crippen LogP contribution in [0.3, 0.4) is 0 Å². The van der Waals surface area contributed by atoms with Crippen molar-refractivity contribution in [3.63, 3.8) is 0 Å². The van der Waals surface area contributed by atoms with E-state index in [9.17, 15) is 31.1 Å². The number of rotatable bonds is 6. The molecule has 0 atom stereocenters. The highest BCUT2D eigenvalue weighted by Crippen LogP contribution is 2.29. The Bertz CT molecular complexity index is 1170. The Morgan fingerprint density at radius 3 is 2.26 bits per heavy atom. The summed E-state index contributed by atoms with van der Waals surface area (Å²) in [5.74, 6) is -6.17. The predicted molar refractivity (Wildman–Crippen MR) is 99.7 cm³/mol. The van der Waals surface area contributed by atoms with E-state index in [1.807, 2.05) is 0 Å². The molecular weight excluding hydrogens is 428 g/mol. The Kier molecular flexibility index (Phi) is 6.23. The normalized spacial score (nSPS) is 11.1. The van der Waals surface area contributed by atoms with Crippen molar-refractivity contribution in [1.29, 1.82) is 0 Å². The van der Waals surface area contributed by atoms with Crippen LogP contribution in [-0.2, 0) is 6.54 Å². The molecule has 3 aromatic rings. The van der Waals surface area contributed by atoms with Crippen LogP contribution in [0.5, 0.6) is 5.75 Å². The summed E-state index contributed by atoms with van der Waals surface area (Å²) in [4.78, 5) is 15.3. The minimum absolute atomic E-state index is 0.0772. The summed E-state index contributed by atoms with van der Waals surface area (Å²) in [7, 11) is 0. The van der Waals surface area contributed by atoms with Gasteiger partial charge in [-0.05, 0) is 42.7 Å². The van der Waals surface area contributed by atoms with Gasteiger partial charge in [0.15, 0.2) is 17.5 Å². The number of nitrogens with one attached hydrogen (secondary N) is 1. The van der Waals surface area contributed by atoms with Crippen LogP contribution >= 0.6 is 0 Å². The first-order valence-electron chi connectivity index (χ1n) is 8.78. The first kappa shape index (κ1) is 22.2. The maximum atomic E-state index is 13.8. The summed E-state index contributed by atoms with van der Waals surface area (Å²) < 4.78 is 84.8. The van der Waals surface area contributed by atoms with Gasteiger partial charge in [0.2, 0.25) is 11.8 Å². The molecule has 0 fully saturated rings. The van der Waals surface area contributed by atoms with E-state index in [4.69, 9.17) is 0 Å². The molecule has 3 rings (SSSR count). The van der Waals surface area contributed by atoms with Gasteiger partial charge in [-0.3, -0.25) is 4.79 Å². The molecule has 1 aromatic heterocycles. The molecule has 1 N–H and O–H groups in total. The predicted octanol–water partition coefficient (Wildman–Crippen LogP) is 4.81. The number of aryl methyl sites for hydroxylation is 2. The number of hydrogen-bond acceptors (Lipinski definition) is 4. The molecule has 31 heavy (non-hydrogen) atoms. The Labute approximate surface area is 171 Å². The van der Waals surface area contributed by atoms with Crippen molar-refractivity contribution >= 4 is 11.6 Å². The van der Waals surface area contributed by atoms with Gasteiger partial charge in [0.05, 0.1) is 6.54 Å². The number of alkyl halides is 2. The minimum Gasteiger partial charge on any atom is -0.434 e. The summed E-state index contributed by atoms with van der Waals surface area (Å²) in [5.41, 5.74) is -0.103. The third-order valence-corrected chi connectivity index (χ3v) is 4.33. The van der Waals surface area contributed by atoms with E-state index < -0.39 is 35.4 Å². The van der Waals surface area contributed by atoms with Crippen LogP contribution in [-0.4, -0.2) is 16.2 Å². The van der Waals surface area contributed by atoms with E-state index in [1.54, 1.807) is 13.8 Å². The van der Waals surface area contributed by atoms with Gasteiger partial charge < -0.3 is 14.6 Å². The average Bonchev–Trinajstić information content (AvgIpc) is 2.67. The molecule has 0 saturated carbocycles. The van der Waals surface area contributed by atoms with E-state index >= 15 is 0 Å². The highest BCUT2D eigenvalue weighted by molar-refractivity contribution is 5.62. The number of nitrogens with zero attached hydrogens (tertiary/aromatic N) is 2. The maximum absolute atomic E-state index is 13.8. The van der Waals surface area contributed by atoms with E-state index in [1.165, 1.54) is 12.1 Å². The average molecular weight is 443 g/mol. The zero-order valence-corrected chi connectivity index (χ0v) is 16.1. The largest absolute Gasteiger partial charge is 0.434 e. The van der Waals surface area contributed by atoms with Crippen LogP contribution in [0.25, 0.3) is 0 Å². The van der Waals surface area contributed by atoms with Crippen molar-refractivity contribution < 1.29 is 31.1 Å². The van der Waals surface area contributed by atoms with Gasteiger partial charge in [-0.2, -0.15) is 18.2 Å². The van der Waals surface area contributed by atoms with E-state index in [-0.39, 0.29) is 29.5 Å². The fourth-order valence-electron chi connectivity index (χ4n) is 2.89. The molecule has 0 aliphatic carbocycles. The lowest BCUT2D eigenvalue weighted by atomic mass is 10.1. The van der Waals surface area contributed by atoms with Crippen LogP contribution in [0.2, 0.25) is 0 Å². The summed E-state index contributed by atoms with van der Waals surface area (Å²) in [5, 5.41) is 2.71. The summed E-state index contributed by atoms with van der Waals surface area (Å²) in [6.07, 6.45) is 0.747. The number of hydrogen-bond donors (Lipinski definition) is 1. The molecular formula is C20H15F6N3O2. The summed E-state index contributed by atoms with van der Waals surface area (Å²) >= 11 is 0. The van der Waals surface area contributed by atoms with Crippen molar-refractivity contribution in [3.8, 4) is 5.75 Å².